The van der Waals surface area contributed by atoms with E-state index < -0.39 is 0 Å². The van der Waals surface area contributed by atoms with E-state index in [1.165, 1.54) is 0 Å². The molecule has 0 bridgehead atoms. The lowest BCUT2D eigenvalue weighted by Crippen LogP contribution is -2.32. The van der Waals surface area contributed by atoms with Crippen molar-refractivity contribution in [1.82, 2.24) is 20.4 Å². The van der Waals surface area contributed by atoms with E-state index in [1.807, 2.05) is 26.8 Å². The first-order chi connectivity index (χ1) is 11.4. The normalized spacial score (nSPS) is 10.4. The zero-order valence-corrected chi connectivity index (χ0v) is 16.9. The Morgan fingerprint density at radius 1 is 1.24 bits per heavy atom. The van der Waals surface area contributed by atoms with Crippen LogP contribution in [0.2, 0.25) is 10.0 Å². The van der Waals surface area contributed by atoms with E-state index in [1.54, 1.807) is 16.8 Å². The van der Waals surface area contributed by atoms with Gasteiger partial charge in [-0.15, -0.1) is 12.4 Å². The molecule has 0 saturated heterocycles. The lowest BCUT2D eigenvalue weighted by atomic mass is 10.1. The average molecular weight is 406 g/mol. The van der Waals surface area contributed by atoms with E-state index in [0.29, 0.717) is 23.0 Å². The molecule has 0 aliphatic rings. The number of carbonyl (C=O) groups is 1. The maximum absolute atomic E-state index is 12.1. The van der Waals surface area contributed by atoms with Crippen LogP contribution in [0.4, 0.5) is 0 Å². The minimum Gasteiger partial charge on any atom is -0.355 e. The lowest BCUT2D eigenvalue weighted by Gasteiger charge is -2.08. The second-order valence-corrected chi connectivity index (χ2v) is 6.38. The number of nitrogens with zero attached hydrogens (tertiary/aromatic N) is 2. The highest BCUT2D eigenvalue weighted by Crippen LogP contribution is 2.27. The summed E-state index contributed by atoms with van der Waals surface area (Å²) in [7, 11) is 0. The van der Waals surface area contributed by atoms with Gasteiger partial charge in [-0.3, -0.25) is 4.79 Å². The molecule has 1 heterocycles. The van der Waals surface area contributed by atoms with Crippen LogP contribution in [0.25, 0.3) is 5.69 Å². The molecule has 0 atom stereocenters. The molecule has 2 aromatic rings. The topological polar surface area (TPSA) is 58.9 Å². The third kappa shape index (κ3) is 5.61. The van der Waals surface area contributed by atoms with Crippen LogP contribution >= 0.6 is 35.6 Å². The van der Waals surface area contributed by atoms with Gasteiger partial charge < -0.3 is 10.6 Å². The predicted octanol–water partition coefficient (Wildman–Crippen LogP) is 3.49. The minimum absolute atomic E-state index is 0. The average Bonchev–Trinajstić information content (AvgIpc) is 2.80. The van der Waals surface area contributed by atoms with Crippen molar-refractivity contribution in [3.8, 4) is 5.69 Å². The number of hydrogen-bond acceptors (Lipinski definition) is 3. The fourth-order valence-corrected chi connectivity index (χ4v) is 3.00. The molecule has 1 aromatic carbocycles. The highest BCUT2D eigenvalue weighted by atomic mass is 35.5. The maximum Gasteiger partial charge on any atom is 0.224 e. The summed E-state index contributed by atoms with van der Waals surface area (Å²) in [6.45, 7) is 8.13. The first kappa shape index (κ1) is 21.8. The van der Waals surface area contributed by atoms with Crippen LogP contribution in [-0.2, 0) is 11.2 Å². The second-order valence-electron chi connectivity index (χ2n) is 5.54. The van der Waals surface area contributed by atoms with Gasteiger partial charge in [-0.05, 0) is 38.6 Å². The number of amides is 1. The van der Waals surface area contributed by atoms with Crippen molar-refractivity contribution in [1.29, 1.82) is 0 Å². The van der Waals surface area contributed by atoms with Gasteiger partial charge >= 0.3 is 0 Å². The van der Waals surface area contributed by atoms with Crippen LogP contribution in [0.15, 0.2) is 18.2 Å². The zero-order chi connectivity index (χ0) is 17.7. The first-order valence-corrected chi connectivity index (χ1v) is 8.67. The molecule has 0 fully saturated rings. The molecule has 0 aliphatic carbocycles. The Bertz CT molecular complexity index is 731. The number of carbonyl (C=O) groups excluding carboxylic acids is 1. The molecule has 5 nitrogen and oxygen atoms in total. The smallest absolute Gasteiger partial charge is 0.224 e. The fourth-order valence-electron chi connectivity index (χ4n) is 2.51. The number of benzene rings is 1. The summed E-state index contributed by atoms with van der Waals surface area (Å²) in [5, 5.41) is 11.7. The summed E-state index contributed by atoms with van der Waals surface area (Å²) in [5.74, 6) is -0.0131. The van der Waals surface area contributed by atoms with E-state index in [4.69, 9.17) is 23.2 Å². The van der Waals surface area contributed by atoms with Crippen molar-refractivity contribution >= 4 is 41.5 Å². The summed E-state index contributed by atoms with van der Waals surface area (Å²) in [6, 6.07) is 5.28. The van der Waals surface area contributed by atoms with E-state index in [-0.39, 0.29) is 18.3 Å². The number of rotatable bonds is 7. The molecular formula is C17H23Cl3N4O. The van der Waals surface area contributed by atoms with Gasteiger partial charge in [-0.25, -0.2) is 4.68 Å². The molecule has 0 spiro atoms. The summed E-state index contributed by atoms with van der Waals surface area (Å²) < 4.78 is 1.76. The molecule has 2 N–H and O–H groups in total. The molecule has 1 amide bonds. The number of aryl methyl sites for hydroxylation is 1. The minimum atomic E-state index is -0.0131. The summed E-state index contributed by atoms with van der Waals surface area (Å²) >= 11 is 12.2. The van der Waals surface area contributed by atoms with Crippen molar-refractivity contribution in [2.45, 2.75) is 27.2 Å². The van der Waals surface area contributed by atoms with Gasteiger partial charge in [0.05, 0.1) is 22.8 Å². The van der Waals surface area contributed by atoms with Crippen molar-refractivity contribution in [3.05, 3.63) is 45.2 Å². The molecular weight excluding hydrogens is 383 g/mol. The van der Waals surface area contributed by atoms with Crippen molar-refractivity contribution < 1.29 is 4.79 Å². The number of aromatic nitrogens is 2. The van der Waals surface area contributed by atoms with Gasteiger partial charge in [0, 0.05) is 29.4 Å². The fraction of sp³-hybridized carbons (Fsp3) is 0.412. The maximum atomic E-state index is 12.1. The quantitative estimate of drug-likeness (QED) is 0.693. The van der Waals surface area contributed by atoms with Gasteiger partial charge in [0.25, 0.3) is 0 Å². The Morgan fingerprint density at radius 2 is 1.96 bits per heavy atom. The Hall–Kier alpha value is -1.27. The third-order valence-electron chi connectivity index (χ3n) is 3.79. The van der Waals surface area contributed by atoms with E-state index in [9.17, 15) is 4.79 Å². The van der Waals surface area contributed by atoms with Crippen molar-refractivity contribution in [2.75, 3.05) is 19.6 Å². The molecule has 0 aliphatic heterocycles. The molecule has 8 heteroatoms. The number of likely N-dealkylation sites (N-methyl/N-ethyl adjacent to an activating group) is 1. The van der Waals surface area contributed by atoms with Crippen LogP contribution < -0.4 is 10.6 Å². The molecule has 0 unspecified atom stereocenters. The standard InChI is InChI=1S/C17H22Cl2N4O.ClH/c1-4-20-7-8-21-17(24)10-14-11(2)22-23(12(14)3)16-6-5-13(18)9-15(16)19;/h5-6,9,20H,4,7-8,10H2,1-3H3,(H,21,24);1H. The Morgan fingerprint density at radius 3 is 2.60 bits per heavy atom. The van der Waals surface area contributed by atoms with Crippen molar-refractivity contribution in [3.63, 3.8) is 0 Å². The number of nitrogens with one attached hydrogen (secondary N) is 2. The number of halogens is 3. The number of hydrogen-bond donors (Lipinski definition) is 2. The third-order valence-corrected chi connectivity index (χ3v) is 4.33. The molecule has 25 heavy (non-hydrogen) atoms. The SMILES string of the molecule is CCNCCNC(=O)Cc1c(C)nn(-c2ccc(Cl)cc2Cl)c1C.Cl. The first-order valence-electron chi connectivity index (χ1n) is 7.92. The predicted molar refractivity (Wildman–Crippen MR) is 106 cm³/mol. The highest BCUT2D eigenvalue weighted by molar-refractivity contribution is 6.35. The molecule has 2 rings (SSSR count). The highest BCUT2D eigenvalue weighted by Gasteiger charge is 2.17. The molecule has 0 radical (unpaired) electrons. The monoisotopic (exact) mass is 404 g/mol. The van der Waals surface area contributed by atoms with Crippen LogP contribution in [0.3, 0.4) is 0 Å². The zero-order valence-electron chi connectivity index (χ0n) is 14.5. The van der Waals surface area contributed by atoms with Gasteiger partial charge in [-0.2, -0.15) is 5.10 Å². The van der Waals surface area contributed by atoms with Gasteiger partial charge in [-0.1, -0.05) is 30.1 Å². The summed E-state index contributed by atoms with van der Waals surface area (Å²) in [6.07, 6.45) is 0.301. The van der Waals surface area contributed by atoms with Crippen LogP contribution in [0.5, 0.6) is 0 Å². The molecule has 0 saturated carbocycles. The summed E-state index contributed by atoms with van der Waals surface area (Å²) in [4.78, 5) is 12.1. The van der Waals surface area contributed by atoms with E-state index in [0.717, 1.165) is 35.7 Å². The van der Waals surface area contributed by atoms with E-state index in [2.05, 4.69) is 15.7 Å². The Balaban J connectivity index is 0.00000312. The second kappa shape index (κ2) is 10.0. The van der Waals surface area contributed by atoms with Crippen molar-refractivity contribution in [2.24, 2.45) is 0 Å². The van der Waals surface area contributed by atoms with Crippen LogP contribution in [0, 0.1) is 13.8 Å². The molecule has 138 valence electrons. The lowest BCUT2D eigenvalue weighted by molar-refractivity contribution is -0.120. The Labute approximate surface area is 164 Å². The summed E-state index contributed by atoms with van der Waals surface area (Å²) in [5.41, 5.74) is 3.39. The van der Waals surface area contributed by atoms with Crippen LogP contribution in [0.1, 0.15) is 23.9 Å². The Kier molecular flexibility index (Phi) is 8.73. The molecule has 1 aromatic heterocycles. The van der Waals surface area contributed by atoms with Gasteiger partial charge in [0.15, 0.2) is 0 Å². The van der Waals surface area contributed by atoms with Crippen LogP contribution in [-0.4, -0.2) is 35.3 Å². The van der Waals surface area contributed by atoms with Gasteiger partial charge in [0.2, 0.25) is 5.91 Å². The van der Waals surface area contributed by atoms with E-state index >= 15 is 0 Å². The van der Waals surface area contributed by atoms with Gasteiger partial charge in [0.1, 0.15) is 0 Å². The largest absolute Gasteiger partial charge is 0.355 e.